The van der Waals surface area contributed by atoms with Crippen LogP contribution < -0.4 is 0 Å². The topological polar surface area (TPSA) is 25.2 Å². The molecule has 2 heteroatoms. The molecule has 0 radical (unpaired) electrons. The van der Waals surface area contributed by atoms with Crippen LogP contribution in [0, 0.1) is 0 Å². The van der Waals surface area contributed by atoms with Gasteiger partial charge in [-0.3, -0.25) is 9.98 Å². The molecular formula is C25H20N2. The van der Waals surface area contributed by atoms with E-state index in [0.717, 1.165) is 28.0 Å². The highest BCUT2D eigenvalue weighted by Crippen LogP contribution is 2.20. The van der Waals surface area contributed by atoms with Crippen molar-refractivity contribution < 1.29 is 0 Å². The second-order valence-electron chi connectivity index (χ2n) is 6.34. The van der Waals surface area contributed by atoms with Crippen molar-refractivity contribution in [1.29, 1.82) is 0 Å². The fourth-order valence-corrected chi connectivity index (χ4v) is 3.07. The molecule has 27 heavy (non-hydrogen) atoms. The molecule has 0 N–H and O–H groups in total. The molecule has 0 unspecified atom stereocenters. The van der Waals surface area contributed by atoms with E-state index >= 15 is 0 Å². The molecule has 0 bridgehead atoms. The average molecular weight is 348 g/mol. The number of aliphatic imine (C=N–C) groups is 1. The maximum absolute atomic E-state index is 4.95. The summed E-state index contributed by atoms with van der Waals surface area (Å²) >= 11 is 0. The third-order valence-electron chi connectivity index (χ3n) is 4.42. The number of pyridine rings is 1. The zero-order chi connectivity index (χ0) is 18.3. The van der Waals surface area contributed by atoms with Gasteiger partial charge in [0.15, 0.2) is 0 Å². The van der Waals surface area contributed by atoms with Gasteiger partial charge in [0.05, 0.1) is 12.3 Å². The van der Waals surface area contributed by atoms with Crippen molar-refractivity contribution in [2.24, 2.45) is 4.99 Å². The van der Waals surface area contributed by atoms with Crippen molar-refractivity contribution in [1.82, 2.24) is 4.98 Å². The Balaban J connectivity index is 1.67. The minimum Gasteiger partial charge on any atom is -0.279 e. The van der Waals surface area contributed by atoms with Crippen LogP contribution in [0.1, 0.15) is 16.7 Å². The zero-order valence-corrected chi connectivity index (χ0v) is 15.0. The first-order valence-electron chi connectivity index (χ1n) is 9.05. The summed E-state index contributed by atoms with van der Waals surface area (Å²) in [5.41, 5.74) is 6.63. The van der Waals surface area contributed by atoms with E-state index < -0.39 is 0 Å². The van der Waals surface area contributed by atoms with E-state index in [4.69, 9.17) is 4.99 Å². The Morgan fingerprint density at radius 2 is 1.19 bits per heavy atom. The average Bonchev–Trinajstić information content (AvgIpc) is 2.76. The summed E-state index contributed by atoms with van der Waals surface area (Å²) in [4.78, 5) is 9.36. The van der Waals surface area contributed by atoms with Crippen molar-refractivity contribution in [3.8, 4) is 11.1 Å². The lowest BCUT2D eigenvalue weighted by atomic mass is 10.0. The summed E-state index contributed by atoms with van der Waals surface area (Å²) in [7, 11) is 0. The molecule has 0 fully saturated rings. The van der Waals surface area contributed by atoms with Gasteiger partial charge in [-0.05, 0) is 17.2 Å². The Hall–Kier alpha value is -3.52. The maximum atomic E-state index is 4.95. The first-order valence-corrected chi connectivity index (χ1v) is 9.05. The van der Waals surface area contributed by atoms with Gasteiger partial charge in [0.25, 0.3) is 0 Å². The molecule has 0 spiro atoms. The normalized spacial score (nSPS) is 10.4. The fourth-order valence-electron chi connectivity index (χ4n) is 3.07. The highest BCUT2D eigenvalue weighted by atomic mass is 14.7. The van der Waals surface area contributed by atoms with E-state index in [1.807, 2.05) is 67.0 Å². The number of hydrogen-bond donors (Lipinski definition) is 0. The van der Waals surface area contributed by atoms with E-state index in [2.05, 4.69) is 47.4 Å². The first kappa shape index (κ1) is 16.9. The standard InChI is InChI=1S/C25H20N2/c1-4-10-21(11-5-1)24-16-20(17-26-19-24)18-27-25(22-12-6-2-7-13-22)23-14-8-3-9-15-23/h1-17,19H,18H2. The molecule has 0 saturated carbocycles. The van der Waals surface area contributed by atoms with Gasteiger partial charge in [-0.15, -0.1) is 0 Å². The largest absolute Gasteiger partial charge is 0.279 e. The highest BCUT2D eigenvalue weighted by Gasteiger charge is 2.06. The molecule has 1 heterocycles. The smallest absolute Gasteiger partial charge is 0.0723 e. The van der Waals surface area contributed by atoms with Crippen molar-refractivity contribution in [2.45, 2.75) is 6.54 Å². The molecule has 0 saturated heterocycles. The maximum Gasteiger partial charge on any atom is 0.0723 e. The summed E-state index contributed by atoms with van der Waals surface area (Å²) in [5.74, 6) is 0. The minimum absolute atomic E-state index is 0.590. The number of nitrogens with zero attached hydrogens (tertiary/aromatic N) is 2. The van der Waals surface area contributed by atoms with Gasteiger partial charge in [0.1, 0.15) is 0 Å². The number of benzene rings is 3. The van der Waals surface area contributed by atoms with Crippen molar-refractivity contribution in [3.05, 3.63) is 126 Å². The Bertz CT molecular complexity index is 982. The van der Waals surface area contributed by atoms with Crippen LogP contribution in [0.25, 0.3) is 11.1 Å². The van der Waals surface area contributed by atoms with Gasteiger partial charge in [-0.25, -0.2) is 0 Å². The van der Waals surface area contributed by atoms with Crippen LogP contribution in [0.2, 0.25) is 0 Å². The summed E-state index contributed by atoms with van der Waals surface area (Å²) in [5, 5.41) is 0. The van der Waals surface area contributed by atoms with Gasteiger partial charge in [0.2, 0.25) is 0 Å². The van der Waals surface area contributed by atoms with Crippen LogP contribution in [0.15, 0.2) is 114 Å². The molecule has 0 aliphatic carbocycles. The zero-order valence-electron chi connectivity index (χ0n) is 15.0. The minimum atomic E-state index is 0.590. The summed E-state index contributed by atoms with van der Waals surface area (Å²) in [6.45, 7) is 0.590. The predicted molar refractivity (Wildman–Crippen MR) is 112 cm³/mol. The van der Waals surface area contributed by atoms with Crippen LogP contribution in [-0.4, -0.2) is 10.7 Å². The fraction of sp³-hybridized carbons (Fsp3) is 0.0400. The second-order valence-corrected chi connectivity index (χ2v) is 6.34. The van der Waals surface area contributed by atoms with Crippen LogP contribution in [0.5, 0.6) is 0 Å². The molecule has 3 aromatic carbocycles. The monoisotopic (exact) mass is 348 g/mol. The van der Waals surface area contributed by atoms with Crippen LogP contribution in [0.4, 0.5) is 0 Å². The van der Waals surface area contributed by atoms with E-state index in [1.54, 1.807) is 0 Å². The molecule has 1 aromatic heterocycles. The Labute approximate surface area is 159 Å². The summed E-state index contributed by atoms with van der Waals surface area (Å²) in [6, 6.07) is 33.1. The van der Waals surface area contributed by atoms with Gasteiger partial charge in [-0.1, -0.05) is 91.0 Å². The van der Waals surface area contributed by atoms with Gasteiger partial charge in [0, 0.05) is 29.1 Å². The Morgan fingerprint density at radius 3 is 1.78 bits per heavy atom. The molecule has 130 valence electrons. The molecule has 0 atom stereocenters. The first-order chi connectivity index (χ1) is 13.4. The molecule has 4 aromatic rings. The van der Waals surface area contributed by atoms with Crippen LogP contribution >= 0.6 is 0 Å². The molecule has 2 nitrogen and oxygen atoms in total. The molecule has 0 amide bonds. The van der Waals surface area contributed by atoms with E-state index in [0.29, 0.717) is 6.54 Å². The highest BCUT2D eigenvalue weighted by molar-refractivity contribution is 6.12. The SMILES string of the molecule is c1ccc(C(=NCc2cncc(-c3ccccc3)c2)c2ccccc2)cc1. The van der Waals surface area contributed by atoms with Crippen LogP contribution in [-0.2, 0) is 6.54 Å². The predicted octanol–water partition coefficient (Wildman–Crippen LogP) is 5.79. The summed E-state index contributed by atoms with van der Waals surface area (Å²) < 4.78 is 0. The Morgan fingerprint density at radius 1 is 0.630 bits per heavy atom. The van der Waals surface area contributed by atoms with Gasteiger partial charge >= 0.3 is 0 Å². The number of hydrogen-bond acceptors (Lipinski definition) is 2. The molecule has 0 aliphatic rings. The Kier molecular flexibility index (Phi) is 5.16. The lowest BCUT2D eigenvalue weighted by molar-refractivity contribution is 1.05. The van der Waals surface area contributed by atoms with E-state index in [9.17, 15) is 0 Å². The number of aromatic nitrogens is 1. The quantitative estimate of drug-likeness (QED) is 0.419. The van der Waals surface area contributed by atoms with Crippen LogP contribution in [0.3, 0.4) is 0 Å². The lowest BCUT2D eigenvalue weighted by Crippen LogP contribution is -2.04. The molecular weight excluding hydrogens is 328 g/mol. The molecule has 4 rings (SSSR count). The third-order valence-corrected chi connectivity index (χ3v) is 4.42. The van der Waals surface area contributed by atoms with Crippen molar-refractivity contribution in [3.63, 3.8) is 0 Å². The second kappa shape index (κ2) is 8.24. The summed E-state index contributed by atoms with van der Waals surface area (Å²) in [6.07, 6.45) is 3.79. The van der Waals surface area contributed by atoms with Gasteiger partial charge < -0.3 is 0 Å². The third kappa shape index (κ3) is 4.18. The molecule has 0 aliphatic heterocycles. The van der Waals surface area contributed by atoms with Crippen molar-refractivity contribution >= 4 is 5.71 Å². The van der Waals surface area contributed by atoms with E-state index in [-0.39, 0.29) is 0 Å². The lowest BCUT2D eigenvalue weighted by Gasteiger charge is -2.08. The number of rotatable bonds is 5. The van der Waals surface area contributed by atoms with Gasteiger partial charge in [-0.2, -0.15) is 0 Å². The van der Waals surface area contributed by atoms with Crippen molar-refractivity contribution in [2.75, 3.05) is 0 Å². The van der Waals surface area contributed by atoms with E-state index in [1.165, 1.54) is 5.56 Å².